The third-order valence-corrected chi connectivity index (χ3v) is 8.30. The van der Waals surface area contributed by atoms with Crippen LogP contribution in [0.5, 0.6) is 11.5 Å². The second-order valence-electron chi connectivity index (χ2n) is 8.46. The van der Waals surface area contributed by atoms with Crippen LogP contribution in [0.25, 0.3) is 20.8 Å². The Labute approximate surface area is 194 Å². The van der Waals surface area contributed by atoms with Gasteiger partial charge in [0, 0.05) is 10.4 Å². The van der Waals surface area contributed by atoms with Crippen molar-refractivity contribution < 1.29 is 14.3 Å². The van der Waals surface area contributed by atoms with E-state index < -0.39 is 0 Å². The van der Waals surface area contributed by atoms with Gasteiger partial charge < -0.3 is 14.8 Å². The fourth-order valence-electron chi connectivity index (χ4n) is 4.45. The Morgan fingerprint density at radius 2 is 2.03 bits per heavy atom. The first-order chi connectivity index (χ1) is 15.6. The highest BCUT2D eigenvalue weighted by molar-refractivity contribution is 7.22. The normalized spacial score (nSPS) is 16.8. The number of ether oxygens (including phenoxy) is 2. The largest absolute Gasteiger partial charge is 0.454 e. The van der Waals surface area contributed by atoms with Crippen LogP contribution in [-0.4, -0.2) is 17.7 Å². The lowest BCUT2D eigenvalue weighted by Crippen LogP contribution is -2.14. The quantitative estimate of drug-likeness (QED) is 0.400. The molecule has 162 valence electrons. The molecule has 0 saturated carbocycles. The minimum absolute atomic E-state index is 0.0297. The fraction of sp³-hybridized carbons (Fsp3) is 0.280. The van der Waals surface area contributed by atoms with Gasteiger partial charge in [-0.3, -0.25) is 4.79 Å². The molecule has 0 fully saturated rings. The number of carbonyl (C=O) groups excluding carboxylic acids is 1. The molecule has 7 heteroatoms. The summed E-state index contributed by atoms with van der Waals surface area (Å²) in [6.07, 6.45) is 3.56. The third-order valence-electron chi connectivity index (χ3n) is 6.07. The van der Waals surface area contributed by atoms with Crippen LogP contribution >= 0.6 is 22.7 Å². The van der Waals surface area contributed by atoms with Crippen LogP contribution in [0.3, 0.4) is 0 Å². The number of nitrogens with one attached hydrogen (secondary N) is 1. The van der Waals surface area contributed by atoms with E-state index in [9.17, 15) is 4.79 Å². The van der Waals surface area contributed by atoms with Crippen LogP contribution in [0.2, 0.25) is 0 Å². The summed E-state index contributed by atoms with van der Waals surface area (Å²) in [4.78, 5) is 19.3. The molecule has 4 aromatic rings. The number of anilines is 1. The standard InChI is InChI=1S/C25H22N2O3S2/c1-14-6-8-16-21(10-14)32-25(23(16)24-26-17-4-2-3-5-20(17)31-24)27-22(28)12-15-7-9-18-19(11-15)30-13-29-18/h2-5,7,9,11,14H,6,8,10,12-13H2,1H3,(H,27,28)/t14-/m0/s1. The topological polar surface area (TPSA) is 60.5 Å². The van der Waals surface area contributed by atoms with Crippen LogP contribution in [0.4, 0.5) is 5.00 Å². The second-order valence-corrected chi connectivity index (χ2v) is 10.6. The van der Waals surface area contributed by atoms with E-state index >= 15 is 0 Å². The van der Waals surface area contributed by atoms with Gasteiger partial charge in [-0.25, -0.2) is 4.98 Å². The Balaban J connectivity index is 1.33. The molecule has 1 aliphatic heterocycles. The van der Waals surface area contributed by atoms with Crippen LogP contribution in [0.15, 0.2) is 42.5 Å². The molecule has 0 spiro atoms. The van der Waals surface area contributed by atoms with E-state index in [1.165, 1.54) is 21.6 Å². The Morgan fingerprint density at radius 3 is 2.94 bits per heavy atom. The fourth-order valence-corrected chi connectivity index (χ4v) is 6.99. The Morgan fingerprint density at radius 1 is 1.16 bits per heavy atom. The molecular weight excluding hydrogens is 440 g/mol. The molecule has 1 amide bonds. The van der Waals surface area contributed by atoms with E-state index in [2.05, 4.69) is 18.3 Å². The molecule has 0 bridgehead atoms. The van der Waals surface area contributed by atoms with Crippen molar-refractivity contribution in [1.29, 1.82) is 0 Å². The van der Waals surface area contributed by atoms with Crippen molar-refractivity contribution in [2.45, 2.75) is 32.6 Å². The maximum Gasteiger partial charge on any atom is 0.231 e. The minimum atomic E-state index is -0.0297. The molecule has 3 heterocycles. The summed E-state index contributed by atoms with van der Waals surface area (Å²) in [5.41, 5.74) is 4.40. The van der Waals surface area contributed by atoms with Crippen molar-refractivity contribution in [3.63, 3.8) is 0 Å². The minimum Gasteiger partial charge on any atom is -0.454 e. The molecule has 0 saturated heterocycles. The highest BCUT2D eigenvalue weighted by atomic mass is 32.1. The van der Waals surface area contributed by atoms with E-state index in [0.29, 0.717) is 11.7 Å². The van der Waals surface area contributed by atoms with Crippen LogP contribution in [0, 0.1) is 5.92 Å². The van der Waals surface area contributed by atoms with Crippen LogP contribution in [0.1, 0.15) is 29.3 Å². The van der Waals surface area contributed by atoms with Gasteiger partial charge in [-0.15, -0.1) is 22.7 Å². The zero-order chi connectivity index (χ0) is 21.7. The monoisotopic (exact) mass is 462 g/mol. The van der Waals surface area contributed by atoms with Gasteiger partial charge in [-0.05, 0) is 60.6 Å². The number of thiazole rings is 1. The molecule has 32 heavy (non-hydrogen) atoms. The third kappa shape index (κ3) is 3.55. The summed E-state index contributed by atoms with van der Waals surface area (Å²) in [6.45, 7) is 2.54. The van der Waals surface area contributed by atoms with Gasteiger partial charge in [-0.1, -0.05) is 25.1 Å². The van der Waals surface area contributed by atoms with Crippen LogP contribution in [-0.2, 0) is 24.1 Å². The number of hydrogen-bond acceptors (Lipinski definition) is 6. The Kier molecular flexibility index (Phi) is 4.88. The number of thiophene rings is 1. The number of aromatic nitrogens is 1. The molecular formula is C25H22N2O3S2. The maximum absolute atomic E-state index is 13.0. The summed E-state index contributed by atoms with van der Waals surface area (Å²) >= 11 is 3.42. The summed E-state index contributed by atoms with van der Waals surface area (Å²) in [6, 6.07) is 13.9. The van der Waals surface area contributed by atoms with Gasteiger partial charge >= 0.3 is 0 Å². The van der Waals surface area contributed by atoms with Crippen molar-refractivity contribution in [2.75, 3.05) is 12.1 Å². The smallest absolute Gasteiger partial charge is 0.231 e. The first kappa shape index (κ1) is 19.8. The van der Waals surface area contributed by atoms with E-state index in [-0.39, 0.29) is 19.1 Å². The van der Waals surface area contributed by atoms with Crippen molar-refractivity contribution in [1.82, 2.24) is 4.98 Å². The van der Waals surface area contributed by atoms with Crippen molar-refractivity contribution >= 4 is 43.8 Å². The summed E-state index contributed by atoms with van der Waals surface area (Å²) in [5.74, 6) is 2.07. The summed E-state index contributed by atoms with van der Waals surface area (Å²) in [7, 11) is 0. The molecule has 2 aromatic heterocycles. The Hall–Kier alpha value is -2.90. The first-order valence-corrected chi connectivity index (χ1v) is 12.5. The zero-order valence-electron chi connectivity index (χ0n) is 17.6. The zero-order valence-corrected chi connectivity index (χ0v) is 19.3. The summed E-state index contributed by atoms with van der Waals surface area (Å²) in [5, 5.41) is 5.14. The van der Waals surface area contributed by atoms with E-state index in [1.54, 1.807) is 22.7 Å². The van der Waals surface area contributed by atoms with Gasteiger partial charge in [0.1, 0.15) is 10.0 Å². The average molecular weight is 463 g/mol. The van der Waals surface area contributed by atoms with E-state index in [0.717, 1.165) is 45.2 Å². The number of amides is 1. The number of nitrogens with zero attached hydrogens (tertiary/aromatic N) is 1. The van der Waals surface area contributed by atoms with Crippen molar-refractivity contribution in [2.24, 2.45) is 5.92 Å². The molecule has 0 radical (unpaired) electrons. The molecule has 1 aliphatic carbocycles. The number of benzene rings is 2. The van der Waals surface area contributed by atoms with Crippen LogP contribution < -0.4 is 14.8 Å². The number of fused-ring (bicyclic) bond motifs is 3. The maximum atomic E-state index is 13.0. The number of carbonyl (C=O) groups is 1. The molecule has 0 unspecified atom stereocenters. The van der Waals surface area contributed by atoms with E-state index in [4.69, 9.17) is 14.5 Å². The number of rotatable bonds is 4. The molecule has 5 nitrogen and oxygen atoms in total. The summed E-state index contributed by atoms with van der Waals surface area (Å²) < 4.78 is 12.0. The van der Waals surface area contributed by atoms with Gasteiger partial charge in [0.2, 0.25) is 12.7 Å². The average Bonchev–Trinajstić information content (AvgIpc) is 3.48. The Bertz CT molecular complexity index is 1310. The molecule has 6 rings (SSSR count). The van der Waals surface area contributed by atoms with Gasteiger partial charge in [0.05, 0.1) is 16.6 Å². The predicted octanol–water partition coefficient (Wildman–Crippen LogP) is 6.06. The SMILES string of the molecule is C[C@H]1CCc2c(sc(NC(=O)Cc3ccc4c(c3)OCO4)c2-c2nc3ccccc3s2)C1. The predicted molar refractivity (Wildman–Crippen MR) is 129 cm³/mol. The molecule has 1 atom stereocenters. The van der Waals surface area contributed by atoms with Gasteiger partial charge in [0.15, 0.2) is 11.5 Å². The molecule has 1 N–H and O–H groups in total. The molecule has 2 aliphatic rings. The lowest BCUT2D eigenvalue weighted by molar-refractivity contribution is -0.115. The van der Waals surface area contributed by atoms with Gasteiger partial charge in [-0.2, -0.15) is 0 Å². The number of hydrogen-bond donors (Lipinski definition) is 1. The first-order valence-electron chi connectivity index (χ1n) is 10.8. The molecule has 2 aromatic carbocycles. The van der Waals surface area contributed by atoms with Crippen molar-refractivity contribution in [3.05, 3.63) is 58.5 Å². The lowest BCUT2D eigenvalue weighted by Gasteiger charge is -2.18. The van der Waals surface area contributed by atoms with Gasteiger partial charge in [0.25, 0.3) is 0 Å². The number of para-hydroxylation sites is 1. The second kappa shape index (κ2) is 7.90. The van der Waals surface area contributed by atoms with E-state index in [1.807, 2.05) is 36.4 Å². The highest BCUT2D eigenvalue weighted by Gasteiger charge is 2.27. The lowest BCUT2D eigenvalue weighted by atomic mass is 9.88. The highest BCUT2D eigenvalue weighted by Crippen LogP contribution is 2.47. The van der Waals surface area contributed by atoms with Crippen molar-refractivity contribution in [3.8, 4) is 22.1 Å².